The van der Waals surface area contributed by atoms with Crippen LogP contribution in [0, 0.1) is 0 Å². The van der Waals surface area contributed by atoms with Crippen LogP contribution >= 0.6 is 11.5 Å². The number of rotatable bonds is 2. The third-order valence-corrected chi connectivity index (χ3v) is 3.46. The summed E-state index contributed by atoms with van der Waals surface area (Å²) in [5.74, 6) is 1.11. The van der Waals surface area contributed by atoms with Gasteiger partial charge in [0.2, 0.25) is 5.88 Å². The summed E-state index contributed by atoms with van der Waals surface area (Å²) in [6.07, 6.45) is 0.822. The molecule has 2 aromatic rings. The minimum absolute atomic E-state index is 0.101. The van der Waals surface area contributed by atoms with Crippen LogP contribution < -0.4 is 9.64 Å². The van der Waals surface area contributed by atoms with Crippen molar-refractivity contribution in [2.24, 2.45) is 0 Å². The minimum Gasteiger partial charge on any atom is -0.481 e. The summed E-state index contributed by atoms with van der Waals surface area (Å²) in [4.78, 5) is 18.3. The lowest BCUT2D eigenvalue weighted by Gasteiger charge is -2.15. The first-order valence-electron chi connectivity index (χ1n) is 5.56. The lowest BCUT2D eigenvalue weighted by atomic mass is 10.2. The molecule has 0 bridgehead atoms. The number of amides is 1. The molecule has 0 fully saturated rings. The van der Waals surface area contributed by atoms with E-state index in [-0.39, 0.29) is 5.91 Å². The van der Waals surface area contributed by atoms with Crippen molar-refractivity contribution in [3.63, 3.8) is 0 Å². The van der Waals surface area contributed by atoms with Gasteiger partial charge in [0.1, 0.15) is 11.5 Å². The highest BCUT2D eigenvalue weighted by Crippen LogP contribution is 2.29. The molecule has 18 heavy (non-hydrogen) atoms. The van der Waals surface area contributed by atoms with Gasteiger partial charge in [0.05, 0.1) is 7.11 Å². The summed E-state index contributed by atoms with van der Waals surface area (Å²) in [5, 5.41) is 1.79. The van der Waals surface area contributed by atoms with E-state index in [2.05, 4.69) is 9.36 Å². The van der Waals surface area contributed by atoms with E-state index in [1.165, 1.54) is 11.5 Å². The van der Waals surface area contributed by atoms with Gasteiger partial charge in [-0.15, -0.1) is 0 Å². The highest BCUT2D eigenvalue weighted by atomic mass is 32.1. The van der Waals surface area contributed by atoms with Gasteiger partial charge in [0, 0.05) is 18.0 Å². The molecule has 3 heterocycles. The van der Waals surface area contributed by atoms with Gasteiger partial charge in [-0.05, 0) is 35.6 Å². The van der Waals surface area contributed by atoms with Gasteiger partial charge in [0.25, 0.3) is 5.91 Å². The zero-order chi connectivity index (χ0) is 12.5. The van der Waals surface area contributed by atoms with Gasteiger partial charge in [-0.3, -0.25) is 9.69 Å². The molecule has 1 amide bonds. The van der Waals surface area contributed by atoms with Crippen LogP contribution in [-0.2, 0) is 6.42 Å². The van der Waals surface area contributed by atoms with Gasteiger partial charge < -0.3 is 4.74 Å². The lowest BCUT2D eigenvalue weighted by molar-refractivity contribution is 0.0985. The zero-order valence-electron chi connectivity index (χ0n) is 9.79. The van der Waals surface area contributed by atoms with E-state index >= 15 is 0 Å². The van der Waals surface area contributed by atoms with E-state index in [0.717, 1.165) is 12.0 Å². The van der Waals surface area contributed by atoms with Crippen LogP contribution in [0.4, 0.5) is 5.82 Å². The maximum absolute atomic E-state index is 12.3. The second-order valence-electron chi connectivity index (χ2n) is 3.93. The molecule has 2 aromatic heterocycles. The van der Waals surface area contributed by atoms with Crippen LogP contribution in [0.2, 0.25) is 0 Å². The fourth-order valence-corrected chi connectivity index (χ4v) is 2.50. The first-order valence-corrected chi connectivity index (χ1v) is 6.39. The van der Waals surface area contributed by atoms with Crippen LogP contribution in [0.25, 0.3) is 0 Å². The van der Waals surface area contributed by atoms with E-state index in [0.29, 0.717) is 23.9 Å². The van der Waals surface area contributed by atoms with Crippen molar-refractivity contribution in [2.45, 2.75) is 6.42 Å². The summed E-state index contributed by atoms with van der Waals surface area (Å²) in [5.41, 5.74) is 1.54. The number of nitrogens with zero attached hydrogens (tertiary/aromatic N) is 3. The molecule has 1 aliphatic heterocycles. The summed E-state index contributed by atoms with van der Waals surface area (Å²) >= 11 is 1.27. The van der Waals surface area contributed by atoms with Gasteiger partial charge in [0.15, 0.2) is 0 Å². The summed E-state index contributed by atoms with van der Waals surface area (Å²) in [7, 11) is 1.57. The topological polar surface area (TPSA) is 55.3 Å². The average Bonchev–Trinajstić information content (AvgIpc) is 3.06. The normalized spacial score (nSPS) is 13.5. The highest BCUT2D eigenvalue weighted by Gasteiger charge is 2.28. The third kappa shape index (κ3) is 1.74. The number of methoxy groups -OCH3 is 1. The molecule has 3 rings (SSSR count). The van der Waals surface area contributed by atoms with Crippen LogP contribution in [0.15, 0.2) is 23.6 Å². The highest BCUT2D eigenvalue weighted by molar-refractivity contribution is 7.03. The Hall–Kier alpha value is -1.95. The van der Waals surface area contributed by atoms with E-state index < -0.39 is 0 Å². The molecule has 0 saturated carbocycles. The van der Waals surface area contributed by atoms with E-state index in [9.17, 15) is 4.79 Å². The van der Waals surface area contributed by atoms with Crippen LogP contribution in [0.5, 0.6) is 5.88 Å². The molecule has 0 aromatic carbocycles. The molecule has 1 aliphatic rings. The molecule has 0 saturated heterocycles. The number of hydrogen-bond acceptors (Lipinski definition) is 5. The van der Waals surface area contributed by atoms with Crippen molar-refractivity contribution < 1.29 is 9.53 Å². The predicted molar refractivity (Wildman–Crippen MR) is 68.3 cm³/mol. The molecule has 5 nitrogen and oxygen atoms in total. The van der Waals surface area contributed by atoms with E-state index in [1.54, 1.807) is 23.5 Å². The SMILES string of the molecule is COc1ccc2c(n1)N(C(=O)c1ccsn1)CC2. The van der Waals surface area contributed by atoms with Crippen molar-refractivity contribution >= 4 is 23.3 Å². The fourth-order valence-electron chi connectivity index (χ4n) is 2.00. The number of carbonyl (C=O) groups is 1. The number of pyridine rings is 1. The van der Waals surface area contributed by atoms with E-state index in [1.807, 2.05) is 12.1 Å². The molecular weight excluding hydrogens is 250 g/mol. The summed E-state index contributed by atoms with van der Waals surface area (Å²) < 4.78 is 9.16. The lowest BCUT2D eigenvalue weighted by Crippen LogP contribution is -2.29. The van der Waals surface area contributed by atoms with Gasteiger partial charge in [-0.2, -0.15) is 9.36 Å². The number of anilines is 1. The summed E-state index contributed by atoms with van der Waals surface area (Å²) in [6, 6.07) is 5.50. The number of carbonyl (C=O) groups excluding carboxylic acids is 1. The standard InChI is InChI=1S/C12H11N3O2S/c1-17-10-3-2-8-4-6-15(11(8)13-10)12(16)9-5-7-18-14-9/h2-3,5,7H,4,6H2,1H3. The Morgan fingerprint density at radius 3 is 3.06 bits per heavy atom. The Kier molecular flexibility index (Phi) is 2.71. The zero-order valence-corrected chi connectivity index (χ0v) is 10.6. The largest absolute Gasteiger partial charge is 0.481 e. The molecule has 92 valence electrons. The molecule has 0 N–H and O–H groups in total. The average molecular weight is 261 g/mol. The predicted octanol–water partition coefficient (Wildman–Crippen LogP) is 1.75. The summed E-state index contributed by atoms with van der Waals surface area (Å²) in [6.45, 7) is 0.645. The maximum Gasteiger partial charge on any atom is 0.279 e. The Morgan fingerprint density at radius 2 is 2.33 bits per heavy atom. The molecule has 0 unspecified atom stereocenters. The van der Waals surface area contributed by atoms with Crippen LogP contribution in [0.3, 0.4) is 0 Å². The van der Waals surface area contributed by atoms with Crippen LogP contribution in [-0.4, -0.2) is 28.9 Å². The Balaban J connectivity index is 1.96. The monoisotopic (exact) mass is 261 g/mol. The minimum atomic E-state index is -0.101. The van der Waals surface area contributed by atoms with Crippen molar-refractivity contribution in [1.29, 1.82) is 0 Å². The van der Waals surface area contributed by atoms with Crippen molar-refractivity contribution in [2.75, 3.05) is 18.6 Å². The first-order chi connectivity index (χ1) is 8.79. The number of aromatic nitrogens is 2. The molecule has 0 spiro atoms. The maximum atomic E-state index is 12.3. The second kappa shape index (κ2) is 4.38. The van der Waals surface area contributed by atoms with Crippen molar-refractivity contribution in [3.05, 3.63) is 34.8 Å². The smallest absolute Gasteiger partial charge is 0.279 e. The Bertz CT molecular complexity index is 583. The number of hydrogen-bond donors (Lipinski definition) is 0. The number of ether oxygens (including phenoxy) is 1. The van der Waals surface area contributed by atoms with Crippen molar-refractivity contribution in [3.8, 4) is 5.88 Å². The third-order valence-electron chi connectivity index (χ3n) is 2.90. The van der Waals surface area contributed by atoms with Gasteiger partial charge >= 0.3 is 0 Å². The second-order valence-corrected chi connectivity index (χ2v) is 4.59. The molecule has 0 radical (unpaired) electrons. The van der Waals surface area contributed by atoms with Crippen LogP contribution in [0.1, 0.15) is 16.1 Å². The molecule has 0 aliphatic carbocycles. The van der Waals surface area contributed by atoms with Gasteiger partial charge in [-0.1, -0.05) is 0 Å². The molecule has 6 heteroatoms. The Labute approximate surface area is 108 Å². The fraction of sp³-hybridized carbons (Fsp3) is 0.250. The Morgan fingerprint density at radius 1 is 1.44 bits per heavy atom. The molecular formula is C12H11N3O2S. The van der Waals surface area contributed by atoms with Gasteiger partial charge in [-0.25, -0.2) is 0 Å². The quantitative estimate of drug-likeness (QED) is 0.826. The van der Waals surface area contributed by atoms with Crippen molar-refractivity contribution in [1.82, 2.24) is 9.36 Å². The molecule has 0 atom stereocenters. The van der Waals surface area contributed by atoms with E-state index in [4.69, 9.17) is 4.74 Å². The first kappa shape index (κ1) is 11.2. The number of fused-ring (bicyclic) bond motifs is 1.